The summed E-state index contributed by atoms with van der Waals surface area (Å²) in [4.78, 5) is 20.0. The summed E-state index contributed by atoms with van der Waals surface area (Å²) in [5, 5.41) is 4.39. The number of ketones is 1. The van der Waals surface area contributed by atoms with Gasteiger partial charge in [-0.2, -0.15) is 5.10 Å². The average molecular weight is 251 g/mol. The lowest BCUT2D eigenvalue weighted by Crippen LogP contribution is -2.15. The van der Waals surface area contributed by atoms with Crippen LogP contribution in [0.2, 0.25) is 5.02 Å². The first-order chi connectivity index (χ1) is 8.11. The first-order valence-corrected chi connectivity index (χ1v) is 5.53. The Morgan fingerprint density at radius 1 is 1.35 bits per heavy atom. The second kappa shape index (κ2) is 4.63. The monoisotopic (exact) mass is 250 g/mol. The van der Waals surface area contributed by atoms with Crippen LogP contribution in [0.3, 0.4) is 0 Å². The number of carbonyl (C=O) groups excluding carboxylic acids is 1. The molecule has 2 rings (SSSR count). The first kappa shape index (κ1) is 11.7. The molecule has 0 radical (unpaired) electrons. The fraction of sp³-hybridized carbons (Fsp3) is 0.273. The molecule has 5 nitrogen and oxygen atoms in total. The molecule has 0 bridgehead atoms. The summed E-state index contributed by atoms with van der Waals surface area (Å²) in [6, 6.07) is 1.70. The molecule has 2 heterocycles. The van der Waals surface area contributed by atoms with Crippen LogP contribution in [0.4, 0.5) is 0 Å². The zero-order valence-corrected chi connectivity index (χ0v) is 10.2. The van der Waals surface area contributed by atoms with Crippen LogP contribution in [-0.2, 0) is 0 Å². The highest BCUT2D eigenvalue weighted by Gasteiger charge is 2.22. The SMILES string of the molecule is CC(C)n1ncc(Cl)c1C(=O)c1ncccn1. The maximum Gasteiger partial charge on any atom is 0.249 e. The minimum Gasteiger partial charge on any atom is -0.283 e. The molecular formula is C11H11ClN4O. The smallest absolute Gasteiger partial charge is 0.249 e. The predicted octanol–water partition coefficient (Wildman–Crippen LogP) is 2.14. The van der Waals surface area contributed by atoms with Gasteiger partial charge >= 0.3 is 0 Å². The van der Waals surface area contributed by atoms with E-state index in [4.69, 9.17) is 11.6 Å². The van der Waals surface area contributed by atoms with Gasteiger partial charge in [-0.15, -0.1) is 0 Å². The van der Waals surface area contributed by atoms with E-state index in [2.05, 4.69) is 15.1 Å². The second-order valence-corrected chi connectivity index (χ2v) is 4.19. The topological polar surface area (TPSA) is 60.7 Å². The van der Waals surface area contributed by atoms with Gasteiger partial charge < -0.3 is 0 Å². The van der Waals surface area contributed by atoms with Crippen molar-refractivity contribution in [3.63, 3.8) is 0 Å². The number of rotatable bonds is 3. The minimum absolute atomic E-state index is 0.0464. The first-order valence-electron chi connectivity index (χ1n) is 5.16. The van der Waals surface area contributed by atoms with Crippen LogP contribution in [-0.4, -0.2) is 25.5 Å². The van der Waals surface area contributed by atoms with Crippen molar-refractivity contribution in [2.75, 3.05) is 0 Å². The molecule has 0 aliphatic rings. The standard InChI is InChI=1S/C11H11ClN4O/c1-7(2)16-9(8(12)6-15-16)10(17)11-13-4-3-5-14-11/h3-7H,1-2H3. The Labute approximate surface area is 103 Å². The number of hydrogen-bond donors (Lipinski definition) is 0. The number of nitrogens with zero attached hydrogens (tertiary/aromatic N) is 4. The number of aromatic nitrogens is 4. The minimum atomic E-state index is -0.318. The average Bonchev–Trinajstić information content (AvgIpc) is 2.71. The Hall–Kier alpha value is -1.75. The highest BCUT2D eigenvalue weighted by Crippen LogP contribution is 2.20. The molecule has 2 aromatic heterocycles. The Morgan fingerprint density at radius 2 is 2.00 bits per heavy atom. The van der Waals surface area contributed by atoms with E-state index in [1.807, 2.05) is 13.8 Å². The summed E-state index contributed by atoms with van der Waals surface area (Å²) in [7, 11) is 0. The summed E-state index contributed by atoms with van der Waals surface area (Å²) < 4.78 is 1.57. The third-order valence-corrected chi connectivity index (χ3v) is 2.50. The van der Waals surface area contributed by atoms with Gasteiger partial charge in [-0.05, 0) is 19.9 Å². The van der Waals surface area contributed by atoms with Crippen LogP contribution < -0.4 is 0 Å². The van der Waals surface area contributed by atoms with Crippen LogP contribution in [0.5, 0.6) is 0 Å². The molecule has 88 valence electrons. The number of halogens is 1. The van der Waals surface area contributed by atoms with E-state index in [-0.39, 0.29) is 17.6 Å². The third-order valence-electron chi connectivity index (χ3n) is 2.22. The van der Waals surface area contributed by atoms with Crippen molar-refractivity contribution in [2.24, 2.45) is 0 Å². The molecule has 0 saturated carbocycles. The lowest BCUT2D eigenvalue weighted by molar-refractivity contribution is 0.101. The fourth-order valence-corrected chi connectivity index (χ4v) is 1.68. The van der Waals surface area contributed by atoms with E-state index < -0.39 is 0 Å². The van der Waals surface area contributed by atoms with Crippen molar-refractivity contribution >= 4 is 17.4 Å². The molecule has 0 N–H and O–H groups in total. The molecule has 0 unspecified atom stereocenters. The van der Waals surface area contributed by atoms with Gasteiger partial charge in [0.2, 0.25) is 11.6 Å². The van der Waals surface area contributed by atoms with Gasteiger partial charge in [0, 0.05) is 18.4 Å². The van der Waals surface area contributed by atoms with Crippen LogP contribution in [0.25, 0.3) is 0 Å². The lowest BCUT2D eigenvalue weighted by Gasteiger charge is -2.09. The number of hydrogen-bond acceptors (Lipinski definition) is 4. The Kier molecular flexibility index (Phi) is 3.19. The predicted molar refractivity (Wildman–Crippen MR) is 63.1 cm³/mol. The van der Waals surface area contributed by atoms with Crippen molar-refractivity contribution in [1.82, 2.24) is 19.7 Å². The molecule has 0 amide bonds. The Morgan fingerprint density at radius 3 is 2.59 bits per heavy atom. The highest BCUT2D eigenvalue weighted by atomic mass is 35.5. The Bertz CT molecular complexity index is 536. The van der Waals surface area contributed by atoms with Gasteiger partial charge in [0.25, 0.3) is 0 Å². The van der Waals surface area contributed by atoms with Gasteiger partial charge in [-0.25, -0.2) is 9.97 Å². The van der Waals surface area contributed by atoms with E-state index in [0.717, 1.165) is 0 Å². The highest BCUT2D eigenvalue weighted by molar-refractivity contribution is 6.34. The largest absolute Gasteiger partial charge is 0.283 e. The zero-order chi connectivity index (χ0) is 12.4. The van der Waals surface area contributed by atoms with Crippen molar-refractivity contribution in [3.8, 4) is 0 Å². The molecular weight excluding hydrogens is 240 g/mol. The normalized spacial score (nSPS) is 10.8. The maximum absolute atomic E-state index is 12.2. The molecule has 0 atom stereocenters. The number of carbonyl (C=O) groups is 1. The van der Waals surface area contributed by atoms with Crippen LogP contribution in [0.15, 0.2) is 24.7 Å². The molecule has 0 spiro atoms. The maximum atomic E-state index is 12.2. The quantitative estimate of drug-likeness (QED) is 0.783. The van der Waals surface area contributed by atoms with Crippen LogP contribution in [0, 0.1) is 0 Å². The molecule has 0 aliphatic heterocycles. The van der Waals surface area contributed by atoms with Gasteiger partial charge in [-0.3, -0.25) is 9.48 Å². The zero-order valence-electron chi connectivity index (χ0n) is 9.46. The third kappa shape index (κ3) is 2.19. The fourth-order valence-electron chi connectivity index (χ4n) is 1.47. The summed E-state index contributed by atoms with van der Waals surface area (Å²) >= 11 is 5.97. The lowest BCUT2D eigenvalue weighted by atomic mass is 10.2. The molecule has 6 heteroatoms. The summed E-state index contributed by atoms with van der Waals surface area (Å²) in [6.07, 6.45) is 4.49. The van der Waals surface area contributed by atoms with Gasteiger partial charge in [-0.1, -0.05) is 11.6 Å². The van der Waals surface area contributed by atoms with E-state index in [0.29, 0.717) is 10.7 Å². The molecule has 2 aromatic rings. The van der Waals surface area contributed by atoms with Crippen LogP contribution >= 0.6 is 11.6 Å². The summed E-state index contributed by atoms with van der Waals surface area (Å²) in [5.41, 5.74) is 0.327. The van der Waals surface area contributed by atoms with Crippen molar-refractivity contribution in [1.29, 1.82) is 0 Å². The van der Waals surface area contributed by atoms with Crippen molar-refractivity contribution < 1.29 is 4.79 Å². The van der Waals surface area contributed by atoms with E-state index in [1.165, 1.54) is 18.6 Å². The molecule has 0 aliphatic carbocycles. The van der Waals surface area contributed by atoms with Crippen molar-refractivity contribution in [2.45, 2.75) is 19.9 Å². The summed E-state index contributed by atoms with van der Waals surface area (Å²) in [5.74, 6) is -0.196. The second-order valence-electron chi connectivity index (χ2n) is 3.78. The van der Waals surface area contributed by atoms with Gasteiger partial charge in [0.15, 0.2) is 0 Å². The molecule has 0 saturated heterocycles. The summed E-state index contributed by atoms with van der Waals surface area (Å²) in [6.45, 7) is 3.85. The van der Waals surface area contributed by atoms with Gasteiger partial charge in [0.05, 0.1) is 11.2 Å². The molecule has 17 heavy (non-hydrogen) atoms. The van der Waals surface area contributed by atoms with Crippen LogP contribution in [0.1, 0.15) is 36.2 Å². The van der Waals surface area contributed by atoms with E-state index in [9.17, 15) is 4.79 Å². The Balaban J connectivity index is 2.48. The van der Waals surface area contributed by atoms with E-state index >= 15 is 0 Å². The molecule has 0 aromatic carbocycles. The van der Waals surface area contributed by atoms with Gasteiger partial charge in [0.1, 0.15) is 5.69 Å². The van der Waals surface area contributed by atoms with Crippen molar-refractivity contribution in [3.05, 3.63) is 41.2 Å². The van der Waals surface area contributed by atoms with E-state index in [1.54, 1.807) is 10.7 Å². The molecule has 0 fully saturated rings.